The Balaban J connectivity index is 1.51. The lowest BCUT2D eigenvalue weighted by atomic mass is 10.1. The number of hydrogen-bond donors (Lipinski definition) is 2. The molecule has 3 rings (SSSR count). The first-order chi connectivity index (χ1) is 11.2. The highest BCUT2D eigenvalue weighted by Gasteiger charge is 2.25. The number of halogens is 1. The van der Waals surface area contributed by atoms with E-state index in [9.17, 15) is 9.50 Å². The number of nitrogens with one attached hydrogen (secondary N) is 1. The number of aliphatic hydroxyl groups excluding tert-OH is 1. The Hall–Kier alpha value is -2.05. The third-order valence-electron chi connectivity index (χ3n) is 4.20. The monoisotopic (exact) mass is 316 g/mol. The van der Waals surface area contributed by atoms with Gasteiger partial charge in [-0.2, -0.15) is 5.10 Å². The number of nitrogens with zero attached hydrogens (tertiary/aromatic N) is 3. The molecule has 23 heavy (non-hydrogen) atoms. The minimum absolute atomic E-state index is 0.292. The van der Waals surface area contributed by atoms with E-state index in [1.807, 2.05) is 12.1 Å². The summed E-state index contributed by atoms with van der Waals surface area (Å²) in [7, 11) is 0. The maximum Gasteiger partial charge on any atom is 0.151 e. The van der Waals surface area contributed by atoms with Crippen LogP contribution in [0, 0.1) is 5.82 Å². The van der Waals surface area contributed by atoms with Gasteiger partial charge in [-0.3, -0.25) is 0 Å². The van der Waals surface area contributed by atoms with Gasteiger partial charge >= 0.3 is 0 Å². The summed E-state index contributed by atoms with van der Waals surface area (Å²) in [5, 5.41) is 21.6. The molecule has 2 atom stereocenters. The van der Waals surface area contributed by atoms with E-state index in [-0.39, 0.29) is 5.82 Å². The van der Waals surface area contributed by atoms with E-state index in [4.69, 9.17) is 0 Å². The van der Waals surface area contributed by atoms with E-state index in [0.717, 1.165) is 37.3 Å². The first-order valence-corrected chi connectivity index (χ1v) is 7.92. The molecular formula is C17H21FN4O. The lowest BCUT2D eigenvalue weighted by Crippen LogP contribution is -2.39. The second-order valence-electron chi connectivity index (χ2n) is 5.80. The highest BCUT2D eigenvalue weighted by atomic mass is 19.1. The van der Waals surface area contributed by atoms with Crippen LogP contribution in [0.3, 0.4) is 0 Å². The summed E-state index contributed by atoms with van der Waals surface area (Å²) in [6, 6.07) is 10.2. The molecule has 0 aliphatic carbocycles. The average molecular weight is 316 g/mol. The van der Waals surface area contributed by atoms with Crippen molar-refractivity contribution in [2.75, 3.05) is 24.5 Å². The zero-order chi connectivity index (χ0) is 16.1. The minimum atomic E-state index is -0.637. The number of aliphatic hydroxyl groups is 1. The van der Waals surface area contributed by atoms with Crippen molar-refractivity contribution in [1.82, 2.24) is 15.5 Å². The molecule has 1 saturated heterocycles. The topological polar surface area (TPSA) is 61.3 Å². The summed E-state index contributed by atoms with van der Waals surface area (Å²) < 4.78 is 12.9. The maximum atomic E-state index is 12.9. The van der Waals surface area contributed by atoms with Crippen molar-refractivity contribution in [3.8, 4) is 0 Å². The molecule has 0 amide bonds. The molecular weight excluding hydrogens is 295 g/mol. The van der Waals surface area contributed by atoms with Crippen LogP contribution in [-0.2, 0) is 0 Å². The van der Waals surface area contributed by atoms with Crippen molar-refractivity contribution in [1.29, 1.82) is 0 Å². The van der Waals surface area contributed by atoms with Crippen LogP contribution in [0.5, 0.6) is 0 Å². The molecule has 0 spiro atoms. The van der Waals surface area contributed by atoms with Crippen molar-refractivity contribution >= 4 is 5.82 Å². The smallest absolute Gasteiger partial charge is 0.151 e. The molecule has 2 aromatic rings. The van der Waals surface area contributed by atoms with Gasteiger partial charge in [0.05, 0.1) is 6.10 Å². The molecule has 2 heterocycles. The quantitative estimate of drug-likeness (QED) is 0.852. The number of aromatic nitrogens is 2. The van der Waals surface area contributed by atoms with Crippen LogP contribution in [0.15, 0.2) is 42.6 Å². The van der Waals surface area contributed by atoms with Gasteiger partial charge in [0, 0.05) is 31.9 Å². The fraction of sp³-hybridized carbons (Fsp3) is 0.412. The largest absolute Gasteiger partial charge is 0.387 e. The van der Waals surface area contributed by atoms with Gasteiger partial charge in [0.25, 0.3) is 0 Å². The van der Waals surface area contributed by atoms with Crippen molar-refractivity contribution in [2.24, 2.45) is 0 Å². The first-order valence-electron chi connectivity index (χ1n) is 7.92. The van der Waals surface area contributed by atoms with Gasteiger partial charge in [-0.15, -0.1) is 5.10 Å². The van der Waals surface area contributed by atoms with Gasteiger partial charge in [-0.1, -0.05) is 12.1 Å². The molecule has 6 heteroatoms. The highest BCUT2D eigenvalue weighted by Crippen LogP contribution is 2.22. The molecule has 2 N–H and O–H groups in total. The van der Waals surface area contributed by atoms with Gasteiger partial charge in [0.2, 0.25) is 0 Å². The molecule has 5 nitrogen and oxygen atoms in total. The third-order valence-corrected chi connectivity index (χ3v) is 4.20. The molecule has 0 unspecified atom stereocenters. The van der Waals surface area contributed by atoms with E-state index in [2.05, 4.69) is 20.4 Å². The number of anilines is 1. The summed E-state index contributed by atoms with van der Waals surface area (Å²) >= 11 is 0. The van der Waals surface area contributed by atoms with Crippen LogP contribution in [-0.4, -0.2) is 41.0 Å². The van der Waals surface area contributed by atoms with Crippen LogP contribution in [0.25, 0.3) is 0 Å². The van der Waals surface area contributed by atoms with Crippen LogP contribution >= 0.6 is 0 Å². The average Bonchev–Trinajstić information content (AvgIpc) is 3.05. The van der Waals surface area contributed by atoms with E-state index < -0.39 is 6.10 Å². The summed E-state index contributed by atoms with van der Waals surface area (Å²) in [5.41, 5.74) is 0.719. The maximum absolute atomic E-state index is 12.9. The molecule has 1 aliphatic heterocycles. The second-order valence-corrected chi connectivity index (χ2v) is 5.80. The SMILES string of the molecule is O[C@@H](CNC[C@H]1CCCN1c1cccnn1)c1ccc(F)cc1. The second kappa shape index (κ2) is 7.48. The Morgan fingerprint density at radius 2 is 2.13 bits per heavy atom. The molecule has 0 bridgehead atoms. The fourth-order valence-electron chi connectivity index (χ4n) is 2.99. The normalized spacial score (nSPS) is 19.0. The van der Waals surface area contributed by atoms with Crippen LogP contribution < -0.4 is 10.2 Å². The van der Waals surface area contributed by atoms with Gasteiger partial charge in [-0.25, -0.2) is 4.39 Å². The predicted octanol–water partition coefficient (Wildman–Crippen LogP) is 1.91. The van der Waals surface area contributed by atoms with Crippen LogP contribution in [0.2, 0.25) is 0 Å². The fourth-order valence-corrected chi connectivity index (χ4v) is 2.99. The van der Waals surface area contributed by atoms with E-state index >= 15 is 0 Å². The van der Waals surface area contributed by atoms with E-state index in [0.29, 0.717) is 12.6 Å². The lowest BCUT2D eigenvalue weighted by Gasteiger charge is -2.26. The summed E-state index contributed by atoms with van der Waals surface area (Å²) in [4.78, 5) is 2.25. The number of hydrogen-bond acceptors (Lipinski definition) is 5. The molecule has 0 saturated carbocycles. The number of benzene rings is 1. The Morgan fingerprint density at radius 1 is 1.30 bits per heavy atom. The predicted molar refractivity (Wildman–Crippen MR) is 86.6 cm³/mol. The molecule has 1 aromatic heterocycles. The van der Waals surface area contributed by atoms with Crippen LogP contribution in [0.1, 0.15) is 24.5 Å². The summed E-state index contributed by atoms with van der Waals surface area (Å²) in [5.74, 6) is 0.607. The Bertz CT molecular complexity index is 608. The molecule has 122 valence electrons. The molecule has 1 fully saturated rings. The van der Waals surface area contributed by atoms with Gasteiger partial charge in [0.1, 0.15) is 5.82 Å². The number of rotatable bonds is 6. The van der Waals surface area contributed by atoms with Crippen LogP contribution in [0.4, 0.5) is 10.2 Å². The van der Waals surface area contributed by atoms with E-state index in [1.165, 1.54) is 12.1 Å². The standard InChI is InChI=1S/C17H21FN4O/c18-14-7-5-13(6-8-14)16(23)12-19-11-15-3-2-10-22(15)17-4-1-9-20-21-17/h1,4-9,15-16,19,23H,2-3,10-12H2/t15-,16+/m1/s1. The van der Waals surface area contributed by atoms with Gasteiger partial charge in [0.15, 0.2) is 5.82 Å². The van der Waals surface area contributed by atoms with Gasteiger partial charge in [-0.05, 0) is 42.7 Å². The van der Waals surface area contributed by atoms with Crippen molar-refractivity contribution in [3.63, 3.8) is 0 Å². The molecule has 1 aromatic carbocycles. The zero-order valence-corrected chi connectivity index (χ0v) is 12.9. The Morgan fingerprint density at radius 3 is 2.87 bits per heavy atom. The third kappa shape index (κ3) is 4.03. The first kappa shape index (κ1) is 15.8. The van der Waals surface area contributed by atoms with Crippen molar-refractivity contribution in [2.45, 2.75) is 25.0 Å². The highest BCUT2D eigenvalue weighted by molar-refractivity contribution is 5.39. The molecule has 0 radical (unpaired) electrons. The summed E-state index contributed by atoms with van der Waals surface area (Å²) in [6.07, 6.45) is 3.26. The van der Waals surface area contributed by atoms with Crippen molar-refractivity contribution in [3.05, 3.63) is 54.0 Å². The minimum Gasteiger partial charge on any atom is -0.387 e. The van der Waals surface area contributed by atoms with Crippen molar-refractivity contribution < 1.29 is 9.50 Å². The Labute approximate surface area is 135 Å². The van der Waals surface area contributed by atoms with E-state index in [1.54, 1.807) is 18.3 Å². The zero-order valence-electron chi connectivity index (χ0n) is 12.9. The summed E-state index contributed by atoms with van der Waals surface area (Å²) in [6.45, 7) is 2.19. The van der Waals surface area contributed by atoms with Gasteiger partial charge < -0.3 is 15.3 Å². The molecule has 1 aliphatic rings. The Kier molecular flexibility index (Phi) is 5.15. The lowest BCUT2D eigenvalue weighted by molar-refractivity contribution is 0.174.